The summed E-state index contributed by atoms with van der Waals surface area (Å²) in [4.78, 5) is 24.7. The van der Waals surface area contributed by atoms with E-state index in [1.165, 1.54) is 5.56 Å². The van der Waals surface area contributed by atoms with Crippen LogP contribution in [0.2, 0.25) is 0 Å². The molecule has 0 aliphatic carbocycles. The summed E-state index contributed by atoms with van der Waals surface area (Å²) in [7, 11) is 0. The number of carbonyl (C=O) groups excluding carboxylic acids is 2. The van der Waals surface area contributed by atoms with Gasteiger partial charge in [0.2, 0.25) is 5.91 Å². The Bertz CT molecular complexity index is 586. The first-order valence-corrected chi connectivity index (χ1v) is 9.55. The monoisotopic (exact) mass is 396 g/mol. The summed E-state index contributed by atoms with van der Waals surface area (Å²) in [5.41, 5.74) is 2.21. The molecule has 7 heteroatoms. The van der Waals surface area contributed by atoms with E-state index in [1.54, 1.807) is 0 Å². The molecule has 1 aromatic rings. The zero-order valence-corrected chi connectivity index (χ0v) is 17.3. The lowest BCUT2D eigenvalue weighted by Gasteiger charge is -2.21. The average molecular weight is 397 g/mol. The molecule has 0 saturated carbocycles. The second kappa shape index (κ2) is 11.8. The van der Waals surface area contributed by atoms with E-state index >= 15 is 0 Å². The van der Waals surface area contributed by atoms with Crippen LogP contribution in [-0.2, 0) is 11.3 Å². The van der Waals surface area contributed by atoms with Crippen molar-refractivity contribution in [1.29, 1.82) is 0 Å². The molecule has 1 saturated heterocycles. The Morgan fingerprint density at radius 2 is 1.89 bits per heavy atom. The Morgan fingerprint density at radius 1 is 1.19 bits per heavy atom. The highest BCUT2D eigenvalue weighted by atomic mass is 35.5. The van der Waals surface area contributed by atoms with Crippen molar-refractivity contribution in [2.24, 2.45) is 5.92 Å². The van der Waals surface area contributed by atoms with Gasteiger partial charge in [0.25, 0.3) is 0 Å². The lowest BCUT2D eigenvalue weighted by Crippen LogP contribution is -2.52. The molecular formula is C20H33ClN4O2. The van der Waals surface area contributed by atoms with Gasteiger partial charge in [0.15, 0.2) is 0 Å². The van der Waals surface area contributed by atoms with Crippen LogP contribution in [0.4, 0.5) is 4.79 Å². The summed E-state index contributed by atoms with van der Waals surface area (Å²) in [6.07, 6.45) is 2.84. The minimum atomic E-state index is -0.519. The Labute approximate surface area is 168 Å². The number of aryl methyl sites for hydroxylation is 1. The first-order valence-electron chi connectivity index (χ1n) is 9.55. The van der Waals surface area contributed by atoms with Crippen molar-refractivity contribution in [2.45, 2.75) is 58.7 Å². The smallest absolute Gasteiger partial charge is 0.315 e. The van der Waals surface area contributed by atoms with Gasteiger partial charge >= 0.3 is 6.03 Å². The lowest BCUT2D eigenvalue weighted by atomic mass is 10.0. The van der Waals surface area contributed by atoms with Gasteiger partial charge in [-0.2, -0.15) is 0 Å². The number of nitrogens with one attached hydrogen (secondary N) is 4. The van der Waals surface area contributed by atoms with Gasteiger partial charge in [0, 0.05) is 19.1 Å². The maximum Gasteiger partial charge on any atom is 0.315 e. The molecule has 0 spiro atoms. The zero-order valence-electron chi connectivity index (χ0n) is 16.5. The molecule has 152 valence electrons. The highest BCUT2D eigenvalue weighted by Gasteiger charge is 2.23. The molecule has 1 fully saturated rings. The molecule has 0 radical (unpaired) electrons. The molecule has 2 rings (SSSR count). The number of hydrogen-bond donors (Lipinski definition) is 4. The van der Waals surface area contributed by atoms with Gasteiger partial charge in [-0.1, -0.05) is 43.7 Å². The molecule has 3 amide bonds. The Balaban J connectivity index is 0.00000364. The molecule has 6 nitrogen and oxygen atoms in total. The van der Waals surface area contributed by atoms with Gasteiger partial charge in [-0.15, -0.1) is 12.4 Å². The average Bonchev–Trinajstić information content (AvgIpc) is 3.12. The van der Waals surface area contributed by atoms with E-state index in [-0.39, 0.29) is 24.3 Å². The van der Waals surface area contributed by atoms with E-state index in [0.29, 0.717) is 31.5 Å². The molecule has 0 aromatic heterocycles. The van der Waals surface area contributed by atoms with Crippen molar-refractivity contribution in [1.82, 2.24) is 21.3 Å². The molecule has 27 heavy (non-hydrogen) atoms. The molecule has 1 heterocycles. The van der Waals surface area contributed by atoms with Gasteiger partial charge in [-0.05, 0) is 44.2 Å². The van der Waals surface area contributed by atoms with E-state index in [9.17, 15) is 9.59 Å². The Kier molecular flexibility index (Phi) is 10.2. The van der Waals surface area contributed by atoms with Crippen molar-refractivity contribution in [3.8, 4) is 0 Å². The highest BCUT2D eigenvalue weighted by molar-refractivity contribution is 5.87. The molecule has 1 aromatic carbocycles. The molecule has 1 aliphatic heterocycles. The Hall–Kier alpha value is -1.79. The maximum atomic E-state index is 12.5. The number of benzene rings is 1. The number of halogens is 1. The van der Waals surface area contributed by atoms with Gasteiger partial charge in [0.05, 0.1) is 0 Å². The minimum Gasteiger partial charge on any atom is -0.353 e. The van der Waals surface area contributed by atoms with Crippen LogP contribution in [0.5, 0.6) is 0 Å². The van der Waals surface area contributed by atoms with Gasteiger partial charge in [-0.25, -0.2) is 4.79 Å². The van der Waals surface area contributed by atoms with Crippen LogP contribution in [0.15, 0.2) is 24.3 Å². The molecule has 2 unspecified atom stereocenters. The predicted octanol–water partition coefficient (Wildman–Crippen LogP) is 2.50. The van der Waals surface area contributed by atoms with Crippen LogP contribution in [-0.4, -0.2) is 37.1 Å². The van der Waals surface area contributed by atoms with Crippen LogP contribution in [0.1, 0.15) is 44.2 Å². The minimum absolute atomic E-state index is 0. The standard InChI is InChI=1S/C20H32N4O2.ClH/c1-14(2)11-18(19(25)22-13-17-5-4-10-21-17)24-20(26)23-12-16-8-6-15(3)7-9-16;/h6-9,14,17-18,21H,4-5,10-13H2,1-3H3,(H,22,25)(H2,23,24,26);1H. The number of hydrogen-bond acceptors (Lipinski definition) is 3. The summed E-state index contributed by atoms with van der Waals surface area (Å²) < 4.78 is 0. The molecule has 0 bridgehead atoms. The predicted molar refractivity (Wildman–Crippen MR) is 111 cm³/mol. The van der Waals surface area contributed by atoms with E-state index in [0.717, 1.165) is 24.9 Å². The van der Waals surface area contributed by atoms with Crippen molar-refractivity contribution >= 4 is 24.3 Å². The third-order valence-corrected chi connectivity index (χ3v) is 4.59. The van der Waals surface area contributed by atoms with Crippen LogP contribution < -0.4 is 21.3 Å². The van der Waals surface area contributed by atoms with E-state index in [2.05, 4.69) is 21.3 Å². The largest absolute Gasteiger partial charge is 0.353 e. The topological polar surface area (TPSA) is 82.3 Å². The van der Waals surface area contributed by atoms with Crippen molar-refractivity contribution in [2.75, 3.05) is 13.1 Å². The van der Waals surface area contributed by atoms with Gasteiger partial charge < -0.3 is 21.3 Å². The fourth-order valence-electron chi connectivity index (χ4n) is 3.08. The second-order valence-electron chi connectivity index (χ2n) is 7.53. The first kappa shape index (κ1) is 23.2. The van der Waals surface area contributed by atoms with E-state index in [4.69, 9.17) is 0 Å². The number of urea groups is 1. The second-order valence-corrected chi connectivity index (χ2v) is 7.53. The maximum absolute atomic E-state index is 12.5. The summed E-state index contributed by atoms with van der Waals surface area (Å²) in [6, 6.07) is 7.52. The zero-order chi connectivity index (χ0) is 18.9. The third kappa shape index (κ3) is 8.63. The van der Waals surface area contributed by atoms with E-state index in [1.807, 2.05) is 45.0 Å². The fourth-order valence-corrected chi connectivity index (χ4v) is 3.08. The summed E-state index contributed by atoms with van der Waals surface area (Å²) >= 11 is 0. The van der Waals surface area contributed by atoms with Crippen LogP contribution in [0.3, 0.4) is 0 Å². The van der Waals surface area contributed by atoms with Crippen LogP contribution in [0, 0.1) is 12.8 Å². The van der Waals surface area contributed by atoms with Crippen molar-refractivity contribution < 1.29 is 9.59 Å². The van der Waals surface area contributed by atoms with Crippen molar-refractivity contribution in [3.63, 3.8) is 0 Å². The molecule has 1 aliphatic rings. The van der Waals surface area contributed by atoms with Gasteiger partial charge in [0.1, 0.15) is 6.04 Å². The van der Waals surface area contributed by atoms with E-state index < -0.39 is 6.04 Å². The Morgan fingerprint density at radius 3 is 2.48 bits per heavy atom. The summed E-state index contributed by atoms with van der Waals surface area (Å²) in [6.45, 7) is 8.18. The quantitative estimate of drug-likeness (QED) is 0.545. The lowest BCUT2D eigenvalue weighted by molar-refractivity contribution is -0.123. The molecule has 2 atom stereocenters. The van der Waals surface area contributed by atoms with Crippen molar-refractivity contribution in [3.05, 3.63) is 35.4 Å². The molecular weight excluding hydrogens is 364 g/mol. The number of carbonyl (C=O) groups is 2. The third-order valence-electron chi connectivity index (χ3n) is 4.59. The van der Waals surface area contributed by atoms with Crippen LogP contribution in [0.25, 0.3) is 0 Å². The fraction of sp³-hybridized carbons (Fsp3) is 0.600. The van der Waals surface area contributed by atoms with Crippen LogP contribution >= 0.6 is 12.4 Å². The summed E-state index contributed by atoms with van der Waals surface area (Å²) in [5, 5.41) is 12.0. The first-order chi connectivity index (χ1) is 12.4. The number of rotatable bonds is 8. The molecule has 4 N–H and O–H groups in total. The SMILES string of the molecule is Cc1ccc(CNC(=O)NC(CC(C)C)C(=O)NCC2CCCN2)cc1.Cl. The number of amides is 3. The normalized spacial score (nSPS) is 17.1. The summed E-state index contributed by atoms with van der Waals surface area (Å²) in [5.74, 6) is 0.200. The van der Waals surface area contributed by atoms with Gasteiger partial charge in [-0.3, -0.25) is 4.79 Å². The highest BCUT2D eigenvalue weighted by Crippen LogP contribution is 2.07.